The van der Waals surface area contributed by atoms with Gasteiger partial charge in [0.25, 0.3) is 0 Å². The minimum Gasteiger partial charge on any atom is -0.462 e. The molecule has 2 N–H and O–H groups in total. The van der Waals surface area contributed by atoms with E-state index in [9.17, 15) is 22.4 Å². The van der Waals surface area contributed by atoms with E-state index in [4.69, 9.17) is 5.73 Å². The first kappa shape index (κ1) is 14.4. The molecule has 1 aromatic carbocycles. The molecule has 0 spiro atoms. The number of hydrogen-bond donors (Lipinski definition) is 1. The van der Waals surface area contributed by atoms with E-state index in [2.05, 4.69) is 4.74 Å². The summed E-state index contributed by atoms with van der Waals surface area (Å²) in [6, 6.07) is -0.387. The van der Waals surface area contributed by atoms with Gasteiger partial charge in [0.2, 0.25) is 0 Å². The Bertz CT molecular complexity index is 430. The first-order valence-corrected chi connectivity index (χ1v) is 5.05. The maximum absolute atomic E-state index is 13.5. The van der Waals surface area contributed by atoms with Gasteiger partial charge < -0.3 is 10.5 Å². The van der Waals surface area contributed by atoms with Crippen LogP contribution in [0.1, 0.15) is 18.5 Å². The molecule has 0 radical (unpaired) electrons. The number of alkyl halides is 2. The molecule has 0 fully saturated rings. The summed E-state index contributed by atoms with van der Waals surface area (Å²) in [6.45, 7) is 1.10. The molecule has 1 atom stereocenters. The van der Waals surface area contributed by atoms with Gasteiger partial charge in [0, 0.05) is 6.07 Å². The van der Waals surface area contributed by atoms with Gasteiger partial charge in [-0.2, -0.15) is 8.78 Å². The van der Waals surface area contributed by atoms with Crippen LogP contribution in [-0.4, -0.2) is 18.5 Å². The Morgan fingerprint density at radius 1 is 1.33 bits per heavy atom. The molecule has 100 valence electrons. The second-order valence-corrected chi connectivity index (χ2v) is 3.52. The van der Waals surface area contributed by atoms with Crippen molar-refractivity contribution in [3.05, 3.63) is 35.4 Å². The SMILES string of the molecule is CCOC(=O)C(F)(F)[C@@H](N)c1cc(F)cc(F)c1. The van der Waals surface area contributed by atoms with Gasteiger partial charge in [-0.05, 0) is 24.6 Å². The van der Waals surface area contributed by atoms with Crippen molar-refractivity contribution in [1.29, 1.82) is 0 Å². The van der Waals surface area contributed by atoms with Crippen LogP contribution in [0.4, 0.5) is 17.6 Å². The Kier molecular flexibility index (Phi) is 4.28. The molecule has 0 saturated heterocycles. The largest absolute Gasteiger partial charge is 0.462 e. The lowest BCUT2D eigenvalue weighted by atomic mass is 10.0. The fraction of sp³-hybridized carbons (Fsp3) is 0.364. The van der Waals surface area contributed by atoms with Gasteiger partial charge in [0.1, 0.15) is 17.7 Å². The van der Waals surface area contributed by atoms with Crippen molar-refractivity contribution in [2.45, 2.75) is 18.9 Å². The van der Waals surface area contributed by atoms with Crippen molar-refractivity contribution >= 4 is 5.97 Å². The number of rotatable bonds is 4. The predicted molar refractivity (Wildman–Crippen MR) is 54.9 cm³/mol. The third kappa shape index (κ3) is 2.98. The van der Waals surface area contributed by atoms with Gasteiger partial charge in [-0.15, -0.1) is 0 Å². The average Bonchev–Trinajstić information content (AvgIpc) is 2.26. The predicted octanol–water partition coefficient (Wildman–Crippen LogP) is 2.16. The van der Waals surface area contributed by atoms with Crippen molar-refractivity contribution in [3.63, 3.8) is 0 Å². The molecule has 0 saturated carbocycles. The Morgan fingerprint density at radius 2 is 1.83 bits per heavy atom. The maximum atomic E-state index is 13.5. The fourth-order valence-electron chi connectivity index (χ4n) is 1.32. The molecule has 1 rings (SSSR count). The molecule has 18 heavy (non-hydrogen) atoms. The lowest BCUT2D eigenvalue weighted by Crippen LogP contribution is -2.41. The highest BCUT2D eigenvalue weighted by molar-refractivity contribution is 5.78. The molecule has 0 aliphatic rings. The van der Waals surface area contributed by atoms with Crippen LogP contribution in [0, 0.1) is 11.6 Å². The van der Waals surface area contributed by atoms with Crippen LogP contribution in [0.15, 0.2) is 18.2 Å². The van der Waals surface area contributed by atoms with E-state index in [-0.39, 0.29) is 6.61 Å². The summed E-state index contributed by atoms with van der Waals surface area (Å²) in [5, 5.41) is 0. The number of hydrogen-bond acceptors (Lipinski definition) is 3. The van der Waals surface area contributed by atoms with Crippen LogP contribution in [0.2, 0.25) is 0 Å². The van der Waals surface area contributed by atoms with E-state index in [1.807, 2.05) is 0 Å². The first-order chi connectivity index (χ1) is 8.28. The van der Waals surface area contributed by atoms with E-state index < -0.39 is 35.1 Å². The quantitative estimate of drug-likeness (QED) is 0.670. The number of ether oxygens (including phenoxy) is 1. The van der Waals surface area contributed by atoms with Gasteiger partial charge in [-0.25, -0.2) is 13.6 Å². The Morgan fingerprint density at radius 3 is 2.28 bits per heavy atom. The number of carbonyl (C=O) groups excluding carboxylic acids is 1. The van der Waals surface area contributed by atoms with Crippen LogP contribution < -0.4 is 5.73 Å². The van der Waals surface area contributed by atoms with Crippen molar-refractivity contribution in [2.75, 3.05) is 6.61 Å². The standard InChI is InChI=1S/C11H11F4NO2/c1-2-18-10(17)11(14,15)9(16)6-3-7(12)5-8(13)4-6/h3-5,9H,2,16H2,1H3/t9-/m0/s1. The van der Waals surface area contributed by atoms with Gasteiger partial charge in [-0.3, -0.25) is 0 Å². The Hall–Kier alpha value is -1.63. The van der Waals surface area contributed by atoms with E-state index in [0.29, 0.717) is 18.2 Å². The fourth-order valence-corrected chi connectivity index (χ4v) is 1.32. The molecular formula is C11H11F4NO2. The maximum Gasteiger partial charge on any atom is 0.379 e. The lowest BCUT2D eigenvalue weighted by molar-refractivity contribution is -0.174. The van der Waals surface area contributed by atoms with E-state index in [1.165, 1.54) is 6.92 Å². The smallest absolute Gasteiger partial charge is 0.379 e. The number of esters is 1. The van der Waals surface area contributed by atoms with Crippen LogP contribution in [-0.2, 0) is 9.53 Å². The summed E-state index contributed by atoms with van der Waals surface area (Å²) >= 11 is 0. The van der Waals surface area contributed by atoms with Crippen LogP contribution in [0.3, 0.4) is 0 Å². The average molecular weight is 265 g/mol. The number of halogens is 4. The second kappa shape index (κ2) is 5.34. The van der Waals surface area contributed by atoms with Gasteiger partial charge in [-0.1, -0.05) is 0 Å². The Labute approximate surface area is 101 Å². The van der Waals surface area contributed by atoms with Crippen molar-refractivity contribution in [1.82, 2.24) is 0 Å². The van der Waals surface area contributed by atoms with Crippen LogP contribution in [0.25, 0.3) is 0 Å². The minimum atomic E-state index is -4.06. The number of carbonyl (C=O) groups is 1. The number of nitrogens with two attached hydrogens (primary N) is 1. The molecule has 7 heteroatoms. The highest BCUT2D eigenvalue weighted by atomic mass is 19.3. The molecule has 0 aromatic heterocycles. The zero-order valence-electron chi connectivity index (χ0n) is 9.42. The van der Waals surface area contributed by atoms with E-state index in [1.54, 1.807) is 0 Å². The van der Waals surface area contributed by atoms with E-state index >= 15 is 0 Å². The first-order valence-electron chi connectivity index (χ1n) is 5.05. The Balaban J connectivity index is 3.04. The lowest BCUT2D eigenvalue weighted by Gasteiger charge is -2.21. The summed E-state index contributed by atoms with van der Waals surface area (Å²) in [7, 11) is 0. The highest BCUT2D eigenvalue weighted by Gasteiger charge is 2.48. The summed E-state index contributed by atoms with van der Waals surface area (Å²) in [5.74, 6) is -8.00. The van der Waals surface area contributed by atoms with Crippen molar-refractivity contribution in [3.8, 4) is 0 Å². The third-order valence-corrected chi connectivity index (χ3v) is 2.18. The zero-order chi connectivity index (χ0) is 13.9. The summed E-state index contributed by atoms with van der Waals surface area (Å²) in [5.41, 5.74) is 4.63. The van der Waals surface area contributed by atoms with Gasteiger partial charge in [0.05, 0.1) is 6.61 Å². The van der Waals surface area contributed by atoms with Crippen molar-refractivity contribution < 1.29 is 27.1 Å². The minimum absolute atomic E-state index is 0.251. The molecule has 3 nitrogen and oxygen atoms in total. The van der Waals surface area contributed by atoms with Crippen LogP contribution >= 0.6 is 0 Å². The molecule has 0 unspecified atom stereocenters. The van der Waals surface area contributed by atoms with Gasteiger partial charge >= 0.3 is 11.9 Å². The molecular weight excluding hydrogens is 254 g/mol. The molecule has 1 aromatic rings. The third-order valence-electron chi connectivity index (χ3n) is 2.18. The molecule has 0 aliphatic carbocycles. The monoisotopic (exact) mass is 265 g/mol. The molecule has 0 amide bonds. The topological polar surface area (TPSA) is 52.3 Å². The van der Waals surface area contributed by atoms with Crippen LogP contribution in [0.5, 0.6) is 0 Å². The normalized spacial score (nSPS) is 13.2. The second-order valence-electron chi connectivity index (χ2n) is 3.52. The molecule has 0 bridgehead atoms. The van der Waals surface area contributed by atoms with Crippen molar-refractivity contribution in [2.24, 2.45) is 5.73 Å². The zero-order valence-corrected chi connectivity index (χ0v) is 9.42. The summed E-state index contributed by atoms with van der Waals surface area (Å²) in [4.78, 5) is 11.0. The summed E-state index contributed by atoms with van der Waals surface area (Å²) < 4.78 is 56.9. The molecule has 0 heterocycles. The highest BCUT2D eigenvalue weighted by Crippen LogP contribution is 2.31. The van der Waals surface area contributed by atoms with E-state index in [0.717, 1.165) is 0 Å². The number of benzene rings is 1. The molecule has 0 aliphatic heterocycles. The van der Waals surface area contributed by atoms with Gasteiger partial charge in [0.15, 0.2) is 0 Å². The summed E-state index contributed by atoms with van der Waals surface area (Å²) in [6.07, 6.45) is 0.